The molecule has 3 aromatic heterocycles. The van der Waals surface area contributed by atoms with Crippen LogP contribution in [-0.4, -0.2) is 20.2 Å². The lowest BCUT2D eigenvalue weighted by Crippen LogP contribution is -1.93. The molecule has 6 nitrogen and oxygen atoms in total. The normalized spacial score (nSPS) is 13.3. The van der Waals surface area contributed by atoms with Crippen LogP contribution in [0.1, 0.15) is 6.42 Å². The number of H-pyrrole nitrogens is 1. The van der Waals surface area contributed by atoms with Crippen molar-refractivity contribution in [2.75, 3.05) is 5.73 Å². The summed E-state index contributed by atoms with van der Waals surface area (Å²) in [5.41, 5.74) is 10.5. The highest BCUT2D eigenvalue weighted by molar-refractivity contribution is 6.01. The maximum Gasteiger partial charge on any atom is 0.184 e. The van der Waals surface area contributed by atoms with Crippen molar-refractivity contribution in [2.45, 2.75) is 6.42 Å². The smallest absolute Gasteiger partial charge is 0.184 e. The summed E-state index contributed by atoms with van der Waals surface area (Å²) < 4.78 is 5.98. The zero-order valence-corrected chi connectivity index (χ0v) is 16.1. The van der Waals surface area contributed by atoms with Gasteiger partial charge in [-0.15, -0.1) is 0 Å². The van der Waals surface area contributed by atoms with Gasteiger partial charge >= 0.3 is 0 Å². The maximum absolute atomic E-state index is 6.16. The van der Waals surface area contributed by atoms with Crippen molar-refractivity contribution in [3.8, 4) is 28.1 Å². The molecule has 0 aliphatic heterocycles. The van der Waals surface area contributed by atoms with Crippen molar-refractivity contribution in [3.05, 3.63) is 91.0 Å². The van der Waals surface area contributed by atoms with E-state index in [4.69, 9.17) is 10.5 Å². The van der Waals surface area contributed by atoms with Gasteiger partial charge in [0.1, 0.15) is 17.3 Å². The predicted octanol–water partition coefficient (Wildman–Crippen LogP) is 5.05. The number of aromatic nitrogens is 4. The molecule has 0 radical (unpaired) electrons. The Balaban J connectivity index is 1.54. The topological polar surface area (TPSA) is 89.7 Å². The monoisotopic (exact) mass is 393 g/mol. The van der Waals surface area contributed by atoms with E-state index in [1.807, 2.05) is 60.7 Å². The first kappa shape index (κ1) is 17.9. The second-order valence-electron chi connectivity index (χ2n) is 6.89. The zero-order valence-electron chi connectivity index (χ0n) is 16.1. The molecule has 0 spiro atoms. The van der Waals surface area contributed by atoms with E-state index in [1.165, 1.54) is 0 Å². The first-order valence-corrected chi connectivity index (χ1v) is 9.64. The molecule has 0 bridgehead atoms. The van der Waals surface area contributed by atoms with Crippen molar-refractivity contribution in [3.63, 3.8) is 0 Å². The molecule has 3 N–H and O–H groups in total. The molecule has 146 valence electrons. The summed E-state index contributed by atoms with van der Waals surface area (Å²) in [5, 5.41) is 7.92. The van der Waals surface area contributed by atoms with Gasteiger partial charge in [0.15, 0.2) is 5.65 Å². The molecule has 0 amide bonds. The molecule has 5 rings (SSSR count). The number of aromatic amines is 1. The first-order chi connectivity index (χ1) is 14.8. The lowest BCUT2D eigenvalue weighted by molar-refractivity contribution is 0.444. The summed E-state index contributed by atoms with van der Waals surface area (Å²) in [6.07, 6.45) is 14.5. The molecule has 3 heterocycles. The number of ether oxygens (including phenoxy) is 1. The number of nitrogens with one attached hydrogen (secondary N) is 1. The second-order valence-corrected chi connectivity index (χ2v) is 6.89. The largest absolute Gasteiger partial charge is 0.457 e. The van der Waals surface area contributed by atoms with Crippen molar-refractivity contribution in [1.29, 1.82) is 0 Å². The molecule has 1 aromatic carbocycles. The number of anilines is 1. The van der Waals surface area contributed by atoms with Crippen molar-refractivity contribution in [2.24, 2.45) is 0 Å². The highest BCUT2D eigenvalue weighted by Crippen LogP contribution is 2.34. The van der Waals surface area contributed by atoms with Crippen molar-refractivity contribution in [1.82, 2.24) is 20.2 Å². The third-order valence-electron chi connectivity index (χ3n) is 4.88. The van der Waals surface area contributed by atoms with Crippen LogP contribution in [0.25, 0.3) is 33.4 Å². The molecule has 0 fully saturated rings. The minimum Gasteiger partial charge on any atom is -0.457 e. The van der Waals surface area contributed by atoms with Gasteiger partial charge in [0, 0.05) is 18.0 Å². The van der Waals surface area contributed by atoms with Crippen molar-refractivity contribution >= 4 is 16.9 Å². The third-order valence-corrected chi connectivity index (χ3v) is 4.88. The van der Waals surface area contributed by atoms with Gasteiger partial charge in [-0.25, -0.2) is 4.98 Å². The number of fused-ring (bicyclic) bond motifs is 1. The Kier molecular flexibility index (Phi) is 4.57. The van der Waals surface area contributed by atoms with E-state index in [2.05, 4.69) is 32.3 Å². The van der Waals surface area contributed by atoms with Gasteiger partial charge in [-0.3, -0.25) is 10.1 Å². The third kappa shape index (κ3) is 3.46. The lowest BCUT2D eigenvalue weighted by Gasteiger charge is -2.10. The standard InChI is InChI=1S/C24H19N5O/c25-23-22-20(15-21(27-24(22)29-28-23)17-11-13-26-14-12-17)16-7-9-19(10-8-16)30-18-5-3-1-2-4-6-18/h1,3-15H,2H2,(H3,25,27,28,29). The number of hydrogen-bond donors (Lipinski definition) is 2. The van der Waals surface area contributed by atoms with Gasteiger partial charge in [-0.2, -0.15) is 5.10 Å². The molecule has 0 unspecified atom stereocenters. The van der Waals surface area contributed by atoms with Gasteiger partial charge in [-0.05, 0) is 60.0 Å². The summed E-state index contributed by atoms with van der Waals surface area (Å²) in [6.45, 7) is 0. The summed E-state index contributed by atoms with van der Waals surface area (Å²) in [6, 6.07) is 13.8. The van der Waals surface area contributed by atoms with Crippen LogP contribution in [0.3, 0.4) is 0 Å². The first-order valence-electron chi connectivity index (χ1n) is 9.64. The summed E-state index contributed by atoms with van der Waals surface area (Å²) in [7, 11) is 0. The molecule has 0 saturated heterocycles. The number of allylic oxidation sites excluding steroid dienone is 5. The molecule has 0 atom stereocenters. The Morgan fingerprint density at radius 3 is 2.63 bits per heavy atom. The Morgan fingerprint density at radius 2 is 1.80 bits per heavy atom. The molecular weight excluding hydrogens is 374 g/mol. The fourth-order valence-electron chi connectivity index (χ4n) is 3.41. The number of hydrogen-bond acceptors (Lipinski definition) is 5. The van der Waals surface area contributed by atoms with Crippen LogP contribution in [0.5, 0.6) is 5.75 Å². The number of nitrogens with zero attached hydrogens (tertiary/aromatic N) is 3. The number of rotatable bonds is 4. The molecule has 0 saturated carbocycles. The molecule has 1 aliphatic rings. The molecule has 6 heteroatoms. The summed E-state index contributed by atoms with van der Waals surface area (Å²) >= 11 is 0. The van der Waals surface area contributed by atoms with Crippen molar-refractivity contribution < 1.29 is 4.74 Å². The Labute approximate surface area is 173 Å². The van der Waals surface area contributed by atoms with E-state index < -0.39 is 0 Å². The highest BCUT2D eigenvalue weighted by Gasteiger charge is 2.14. The van der Waals surface area contributed by atoms with E-state index in [-0.39, 0.29) is 0 Å². The molecule has 30 heavy (non-hydrogen) atoms. The number of pyridine rings is 2. The molecular formula is C24H19N5O. The van der Waals surface area contributed by atoms with E-state index in [0.717, 1.165) is 45.7 Å². The van der Waals surface area contributed by atoms with E-state index in [1.54, 1.807) is 12.4 Å². The second kappa shape index (κ2) is 7.67. The van der Waals surface area contributed by atoms with Crippen LogP contribution in [-0.2, 0) is 0 Å². The minimum absolute atomic E-state index is 0.495. The average molecular weight is 393 g/mol. The van der Waals surface area contributed by atoms with Gasteiger partial charge in [0.2, 0.25) is 0 Å². The molecule has 4 aromatic rings. The highest BCUT2D eigenvalue weighted by atomic mass is 16.5. The minimum atomic E-state index is 0.495. The van der Waals surface area contributed by atoms with Crippen LogP contribution < -0.4 is 10.5 Å². The van der Waals surface area contributed by atoms with Gasteiger partial charge in [-0.1, -0.05) is 30.4 Å². The quantitative estimate of drug-likeness (QED) is 0.506. The Hall–Kier alpha value is -4.19. The van der Waals surface area contributed by atoms with Crippen LogP contribution in [0, 0.1) is 0 Å². The maximum atomic E-state index is 6.16. The number of nitrogen functional groups attached to an aromatic ring is 1. The van der Waals surface area contributed by atoms with E-state index in [0.29, 0.717) is 11.5 Å². The van der Waals surface area contributed by atoms with E-state index >= 15 is 0 Å². The summed E-state index contributed by atoms with van der Waals surface area (Å²) in [5.74, 6) is 2.07. The average Bonchev–Trinajstić information content (AvgIpc) is 2.98. The van der Waals surface area contributed by atoms with E-state index in [9.17, 15) is 0 Å². The Bertz CT molecular complexity index is 1280. The predicted molar refractivity (Wildman–Crippen MR) is 119 cm³/mol. The number of benzene rings is 1. The summed E-state index contributed by atoms with van der Waals surface area (Å²) in [4.78, 5) is 8.74. The number of nitrogens with two attached hydrogens (primary N) is 1. The van der Waals surface area contributed by atoms with Crippen LogP contribution >= 0.6 is 0 Å². The van der Waals surface area contributed by atoms with Crippen LogP contribution in [0.15, 0.2) is 91.0 Å². The fraction of sp³-hybridized carbons (Fsp3) is 0.0417. The van der Waals surface area contributed by atoms with Gasteiger partial charge in [0.05, 0.1) is 11.1 Å². The van der Waals surface area contributed by atoms with Gasteiger partial charge < -0.3 is 10.5 Å². The van der Waals surface area contributed by atoms with Gasteiger partial charge in [0.25, 0.3) is 0 Å². The SMILES string of the molecule is Nc1[nH]nc2nc(-c3ccncc3)cc(-c3ccc(OC4=CC=CCC=C4)cc3)c12. The molecule has 1 aliphatic carbocycles. The lowest BCUT2D eigenvalue weighted by atomic mass is 10.0. The van der Waals surface area contributed by atoms with Crippen LogP contribution in [0.4, 0.5) is 5.82 Å². The zero-order chi connectivity index (χ0) is 20.3. The fourth-order valence-corrected chi connectivity index (χ4v) is 3.41. The Morgan fingerprint density at radius 1 is 0.967 bits per heavy atom. The van der Waals surface area contributed by atoms with Crippen LogP contribution in [0.2, 0.25) is 0 Å².